The lowest BCUT2D eigenvalue weighted by atomic mass is 9.96. The molecule has 9 heteroatoms. The highest BCUT2D eigenvalue weighted by molar-refractivity contribution is 6.33. The van der Waals surface area contributed by atoms with Gasteiger partial charge in [0, 0.05) is 24.5 Å². The van der Waals surface area contributed by atoms with Crippen LogP contribution in [-0.4, -0.2) is 64.5 Å². The average Bonchev–Trinajstić information content (AvgIpc) is 3.00. The number of hydrogen-bond donors (Lipinski definition) is 4. The van der Waals surface area contributed by atoms with E-state index < -0.39 is 23.7 Å². The monoisotopic (exact) mass is 405 g/mol. The van der Waals surface area contributed by atoms with Crippen molar-refractivity contribution < 1.29 is 24.5 Å². The second kappa shape index (κ2) is 8.66. The minimum atomic E-state index is -1.66. The molecule has 0 aliphatic carbocycles. The van der Waals surface area contributed by atoms with E-state index in [0.717, 1.165) is 0 Å². The van der Waals surface area contributed by atoms with Crippen molar-refractivity contribution in [3.8, 4) is 0 Å². The molecule has 3 atom stereocenters. The molecule has 0 saturated carbocycles. The fourth-order valence-corrected chi connectivity index (χ4v) is 3.08. The van der Waals surface area contributed by atoms with Crippen LogP contribution in [0.5, 0.6) is 0 Å². The molecule has 0 unspecified atom stereocenters. The molecular formula is C19H20ClN3O5. The maximum absolute atomic E-state index is 12.2. The number of amides is 2. The van der Waals surface area contributed by atoms with Crippen molar-refractivity contribution in [2.24, 2.45) is 0 Å². The van der Waals surface area contributed by atoms with Gasteiger partial charge in [0.1, 0.15) is 17.8 Å². The molecule has 0 bridgehead atoms. The van der Waals surface area contributed by atoms with Crippen LogP contribution in [-0.2, 0) is 4.74 Å². The van der Waals surface area contributed by atoms with Crippen molar-refractivity contribution in [3.05, 3.63) is 64.9 Å². The van der Waals surface area contributed by atoms with E-state index >= 15 is 0 Å². The summed E-state index contributed by atoms with van der Waals surface area (Å²) in [6.45, 7) is -0.407. The molecule has 1 aromatic heterocycles. The Labute approximate surface area is 166 Å². The van der Waals surface area contributed by atoms with E-state index in [9.17, 15) is 19.8 Å². The first kappa shape index (κ1) is 20.2. The highest BCUT2D eigenvalue weighted by Crippen LogP contribution is 2.24. The summed E-state index contributed by atoms with van der Waals surface area (Å²) in [5.41, 5.74) is -0.971. The Bertz CT molecular complexity index is 850. The first-order valence-electron chi connectivity index (χ1n) is 8.64. The molecule has 4 N–H and O–H groups in total. The predicted molar refractivity (Wildman–Crippen MR) is 101 cm³/mol. The topological polar surface area (TPSA) is 121 Å². The summed E-state index contributed by atoms with van der Waals surface area (Å²) >= 11 is 5.93. The van der Waals surface area contributed by atoms with Gasteiger partial charge < -0.3 is 25.6 Å². The number of aliphatic hydroxyl groups is 2. The molecule has 8 nitrogen and oxygen atoms in total. The number of carbonyl (C=O) groups excluding carboxylic acids is 2. The van der Waals surface area contributed by atoms with Crippen LogP contribution < -0.4 is 10.6 Å². The van der Waals surface area contributed by atoms with E-state index in [2.05, 4.69) is 15.6 Å². The van der Waals surface area contributed by atoms with Crippen molar-refractivity contribution in [2.75, 3.05) is 19.7 Å². The number of benzene rings is 1. The first-order valence-corrected chi connectivity index (χ1v) is 9.01. The Balaban J connectivity index is 1.53. The summed E-state index contributed by atoms with van der Waals surface area (Å²) in [5, 5.41) is 26.4. The lowest BCUT2D eigenvalue weighted by molar-refractivity contribution is -0.0464. The first-order chi connectivity index (χ1) is 13.4. The van der Waals surface area contributed by atoms with Crippen LogP contribution in [0.3, 0.4) is 0 Å². The number of hydrogen-bond acceptors (Lipinski definition) is 6. The van der Waals surface area contributed by atoms with Crippen LogP contribution >= 0.6 is 11.6 Å². The number of carbonyl (C=O) groups is 2. The molecule has 0 spiro atoms. The van der Waals surface area contributed by atoms with Crippen LogP contribution in [0.4, 0.5) is 0 Å². The minimum Gasteiger partial charge on any atom is -0.387 e. The molecule has 2 heterocycles. The highest BCUT2D eigenvalue weighted by Gasteiger charge is 2.48. The zero-order chi connectivity index (χ0) is 20.1. The fraction of sp³-hybridized carbons (Fsp3) is 0.316. The number of aliphatic hydroxyl groups excluding tert-OH is 1. The van der Waals surface area contributed by atoms with Gasteiger partial charge in [-0.05, 0) is 18.2 Å². The third kappa shape index (κ3) is 4.48. The van der Waals surface area contributed by atoms with Gasteiger partial charge in [-0.15, -0.1) is 0 Å². The number of halogens is 1. The molecular weight excluding hydrogens is 386 g/mol. The van der Waals surface area contributed by atoms with Gasteiger partial charge >= 0.3 is 0 Å². The standard InChI is InChI=1S/C19H20ClN3O5/c20-14-8-21-7-6-13(14)18(26)22-9-15-16(24)19(27,11-28-15)10-23-17(25)12-4-2-1-3-5-12/h1-8,15-16,24,27H,9-11H2,(H,22,26)(H,23,25)/t15-,16-,19+/m1/s1. The van der Waals surface area contributed by atoms with Crippen molar-refractivity contribution >= 4 is 23.4 Å². The number of nitrogens with one attached hydrogen (secondary N) is 2. The maximum atomic E-state index is 12.2. The molecule has 0 radical (unpaired) electrons. The molecule has 1 aromatic carbocycles. The number of rotatable bonds is 6. The van der Waals surface area contributed by atoms with Crippen LogP contribution in [0, 0.1) is 0 Å². The van der Waals surface area contributed by atoms with Gasteiger partial charge in [-0.2, -0.15) is 0 Å². The van der Waals surface area contributed by atoms with Crippen molar-refractivity contribution in [3.63, 3.8) is 0 Å². The number of aromatic nitrogens is 1. The largest absolute Gasteiger partial charge is 0.387 e. The normalized spacial score (nSPS) is 24.0. The fourth-order valence-electron chi connectivity index (χ4n) is 2.87. The molecule has 2 aromatic rings. The van der Waals surface area contributed by atoms with Gasteiger partial charge in [0.15, 0.2) is 0 Å². The summed E-state index contributed by atoms with van der Waals surface area (Å²) in [5.74, 6) is -0.818. The third-order valence-electron chi connectivity index (χ3n) is 4.52. The van der Waals surface area contributed by atoms with Gasteiger partial charge in [-0.25, -0.2) is 0 Å². The van der Waals surface area contributed by atoms with Gasteiger partial charge in [0.25, 0.3) is 11.8 Å². The maximum Gasteiger partial charge on any atom is 0.253 e. The third-order valence-corrected chi connectivity index (χ3v) is 4.82. The van der Waals surface area contributed by atoms with E-state index in [0.29, 0.717) is 5.56 Å². The molecule has 2 amide bonds. The lowest BCUT2D eigenvalue weighted by Gasteiger charge is -2.26. The van der Waals surface area contributed by atoms with Gasteiger partial charge in [0.05, 0.1) is 23.7 Å². The molecule has 1 aliphatic rings. The summed E-state index contributed by atoms with van der Waals surface area (Å²) < 4.78 is 5.42. The summed E-state index contributed by atoms with van der Waals surface area (Å²) in [4.78, 5) is 28.1. The average molecular weight is 406 g/mol. The van der Waals surface area contributed by atoms with Crippen molar-refractivity contribution in [1.82, 2.24) is 15.6 Å². The Hall–Kier alpha value is -2.52. The summed E-state index contributed by atoms with van der Waals surface area (Å²) in [7, 11) is 0. The Morgan fingerprint density at radius 1 is 1.21 bits per heavy atom. The van der Waals surface area contributed by atoms with Gasteiger partial charge in [-0.3, -0.25) is 14.6 Å². The Kier molecular flexibility index (Phi) is 6.25. The zero-order valence-corrected chi connectivity index (χ0v) is 15.6. The van der Waals surface area contributed by atoms with E-state index in [1.165, 1.54) is 18.5 Å². The second-order valence-corrected chi connectivity index (χ2v) is 6.92. The number of nitrogens with zero attached hydrogens (tertiary/aromatic N) is 1. The highest BCUT2D eigenvalue weighted by atomic mass is 35.5. The van der Waals surface area contributed by atoms with Crippen LogP contribution in [0.15, 0.2) is 48.8 Å². The molecule has 1 aliphatic heterocycles. The van der Waals surface area contributed by atoms with Crippen molar-refractivity contribution in [2.45, 2.75) is 17.8 Å². The van der Waals surface area contributed by atoms with E-state index in [1.54, 1.807) is 30.3 Å². The molecule has 3 rings (SSSR count). The van der Waals surface area contributed by atoms with Crippen LogP contribution in [0.2, 0.25) is 5.02 Å². The number of ether oxygens (including phenoxy) is 1. The molecule has 28 heavy (non-hydrogen) atoms. The van der Waals surface area contributed by atoms with E-state index in [4.69, 9.17) is 16.3 Å². The van der Waals surface area contributed by atoms with E-state index in [1.807, 2.05) is 0 Å². The smallest absolute Gasteiger partial charge is 0.253 e. The Morgan fingerprint density at radius 3 is 2.68 bits per heavy atom. The van der Waals surface area contributed by atoms with Crippen molar-refractivity contribution in [1.29, 1.82) is 0 Å². The molecule has 1 fully saturated rings. The zero-order valence-electron chi connectivity index (χ0n) is 14.8. The Morgan fingerprint density at radius 2 is 1.96 bits per heavy atom. The lowest BCUT2D eigenvalue weighted by Crippen LogP contribution is -2.53. The predicted octanol–water partition coefficient (Wildman–Crippen LogP) is 0.386. The molecule has 148 valence electrons. The van der Waals surface area contributed by atoms with Crippen LogP contribution in [0.1, 0.15) is 20.7 Å². The quantitative estimate of drug-likeness (QED) is 0.551. The number of pyridine rings is 1. The molecule has 1 saturated heterocycles. The van der Waals surface area contributed by atoms with Gasteiger partial charge in [0.2, 0.25) is 0 Å². The van der Waals surface area contributed by atoms with Gasteiger partial charge in [-0.1, -0.05) is 29.8 Å². The minimum absolute atomic E-state index is 0.0341. The van der Waals surface area contributed by atoms with Crippen LogP contribution in [0.25, 0.3) is 0 Å². The van der Waals surface area contributed by atoms with E-state index in [-0.39, 0.29) is 36.2 Å². The summed E-state index contributed by atoms with van der Waals surface area (Å²) in [6.07, 6.45) is 0.668. The summed E-state index contributed by atoms with van der Waals surface area (Å²) in [6, 6.07) is 10.00. The second-order valence-electron chi connectivity index (χ2n) is 6.51. The SMILES string of the molecule is O=C(NC[C@]1(O)CO[C@H](CNC(=O)c2ccncc2Cl)[C@H]1O)c1ccccc1.